The zero-order valence-electron chi connectivity index (χ0n) is 11.0. The van der Waals surface area contributed by atoms with Gasteiger partial charge in [0.05, 0.1) is 0 Å². The molecule has 1 aromatic rings. The molecule has 2 atom stereocenters. The lowest BCUT2D eigenvalue weighted by Gasteiger charge is -2.20. The summed E-state index contributed by atoms with van der Waals surface area (Å²) < 4.78 is 13.8. The molecule has 17 heavy (non-hydrogen) atoms. The van der Waals surface area contributed by atoms with Crippen LogP contribution in [0.3, 0.4) is 0 Å². The normalized spacial score (nSPS) is 23.5. The van der Waals surface area contributed by atoms with Crippen LogP contribution in [0, 0.1) is 11.7 Å². The molecule has 92 valence electrons. The van der Waals surface area contributed by atoms with Gasteiger partial charge in [-0.05, 0) is 47.3 Å². The van der Waals surface area contributed by atoms with Crippen LogP contribution in [0.15, 0.2) is 30.9 Å². The highest BCUT2D eigenvalue weighted by Gasteiger charge is 2.39. The summed E-state index contributed by atoms with van der Waals surface area (Å²) in [4.78, 5) is 0. The highest BCUT2D eigenvalue weighted by molar-refractivity contribution is 5.35. The zero-order chi connectivity index (χ0) is 12.6. The minimum absolute atomic E-state index is 0.0467. The number of halogens is 1. The van der Waals surface area contributed by atoms with Gasteiger partial charge in [-0.2, -0.15) is 0 Å². The van der Waals surface area contributed by atoms with Crippen LogP contribution < -0.4 is 0 Å². The van der Waals surface area contributed by atoms with E-state index in [0.29, 0.717) is 11.8 Å². The summed E-state index contributed by atoms with van der Waals surface area (Å²) in [5.74, 6) is 0.974. The fourth-order valence-corrected chi connectivity index (χ4v) is 2.40. The maximum Gasteiger partial charge on any atom is 0.126 e. The van der Waals surface area contributed by atoms with Crippen LogP contribution in [0.5, 0.6) is 0 Å². The van der Waals surface area contributed by atoms with Gasteiger partial charge in [0.2, 0.25) is 0 Å². The van der Waals surface area contributed by atoms with Crippen LogP contribution in [-0.4, -0.2) is 0 Å². The molecular formula is C16H21F. The number of hydrogen-bond acceptors (Lipinski definition) is 0. The number of allylic oxidation sites excluding steroid dienone is 1. The lowest BCUT2D eigenvalue weighted by Crippen LogP contribution is -2.11. The maximum atomic E-state index is 13.8. The molecule has 1 fully saturated rings. The Balaban J connectivity index is 2.26. The summed E-state index contributed by atoms with van der Waals surface area (Å²) in [7, 11) is 0. The van der Waals surface area contributed by atoms with Crippen LogP contribution in [0.1, 0.15) is 50.7 Å². The fourth-order valence-electron chi connectivity index (χ4n) is 2.40. The Labute approximate surface area is 104 Å². The van der Waals surface area contributed by atoms with Gasteiger partial charge in [0.15, 0.2) is 0 Å². The van der Waals surface area contributed by atoms with Gasteiger partial charge in [-0.1, -0.05) is 39.0 Å². The second kappa shape index (κ2) is 4.29. The molecule has 1 aliphatic carbocycles. The predicted octanol–water partition coefficient (Wildman–Crippen LogP) is 4.80. The average Bonchev–Trinajstić information content (AvgIpc) is 2.96. The van der Waals surface area contributed by atoms with E-state index in [1.165, 1.54) is 5.56 Å². The molecule has 0 radical (unpaired) electrons. The van der Waals surface area contributed by atoms with Crippen LogP contribution in [0.25, 0.3) is 0 Å². The first-order valence-corrected chi connectivity index (χ1v) is 6.34. The molecule has 0 N–H and O–H groups in total. The maximum absolute atomic E-state index is 13.8. The van der Waals surface area contributed by atoms with Crippen LogP contribution >= 0.6 is 0 Å². The quantitative estimate of drug-likeness (QED) is 0.656. The van der Waals surface area contributed by atoms with Crippen LogP contribution in [-0.2, 0) is 5.41 Å². The highest BCUT2D eigenvalue weighted by Crippen LogP contribution is 2.50. The SMILES string of the molecule is C=CCC1CC1c1cc(C(C)(C)C)ccc1F. The van der Waals surface area contributed by atoms with Crippen molar-refractivity contribution >= 4 is 0 Å². The van der Waals surface area contributed by atoms with Crippen LogP contribution in [0.4, 0.5) is 4.39 Å². The first-order chi connectivity index (χ1) is 7.93. The van der Waals surface area contributed by atoms with Gasteiger partial charge in [0.1, 0.15) is 5.82 Å². The molecular weight excluding hydrogens is 211 g/mol. The van der Waals surface area contributed by atoms with Gasteiger partial charge in [0, 0.05) is 0 Å². The minimum Gasteiger partial charge on any atom is -0.207 e. The van der Waals surface area contributed by atoms with Gasteiger partial charge >= 0.3 is 0 Å². The van der Waals surface area contributed by atoms with Gasteiger partial charge in [-0.3, -0.25) is 0 Å². The molecule has 2 rings (SSSR count). The van der Waals surface area contributed by atoms with E-state index in [9.17, 15) is 4.39 Å². The Kier molecular flexibility index (Phi) is 3.11. The molecule has 1 heteroatoms. The summed E-state index contributed by atoms with van der Waals surface area (Å²) in [5.41, 5.74) is 2.22. The van der Waals surface area contributed by atoms with Gasteiger partial charge in [0.25, 0.3) is 0 Å². The molecule has 0 bridgehead atoms. The Hall–Kier alpha value is -1.11. The van der Waals surface area contributed by atoms with Gasteiger partial charge in [-0.25, -0.2) is 4.39 Å². The summed E-state index contributed by atoms with van der Waals surface area (Å²) in [5, 5.41) is 0. The summed E-state index contributed by atoms with van der Waals surface area (Å²) in [6.45, 7) is 10.2. The van der Waals surface area contributed by atoms with Crippen molar-refractivity contribution in [3.63, 3.8) is 0 Å². The van der Waals surface area contributed by atoms with E-state index in [2.05, 4.69) is 33.4 Å². The van der Waals surface area contributed by atoms with E-state index in [1.54, 1.807) is 6.07 Å². The van der Waals surface area contributed by atoms with Gasteiger partial charge in [-0.15, -0.1) is 6.58 Å². The molecule has 0 aliphatic heterocycles. The molecule has 0 spiro atoms. The molecule has 0 heterocycles. The average molecular weight is 232 g/mol. The third-order valence-electron chi connectivity index (χ3n) is 3.65. The zero-order valence-corrected chi connectivity index (χ0v) is 11.0. The lowest BCUT2D eigenvalue weighted by atomic mass is 9.85. The molecule has 1 aromatic carbocycles. The summed E-state index contributed by atoms with van der Waals surface area (Å²) >= 11 is 0. The Morgan fingerprint density at radius 2 is 2.12 bits per heavy atom. The first kappa shape index (κ1) is 12.3. The van der Waals surface area contributed by atoms with Crippen molar-refractivity contribution in [3.8, 4) is 0 Å². The van der Waals surface area contributed by atoms with E-state index in [0.717, 1.165) is 18.4 Å². The number of benzene rings is 1. The van der Waals surface area contributed by atoms with Crippen molar-refractivity contribution in [2.45, 2.75) is 44.9 Å². The molecule has 1 aliphatic rings. The Morgan fingerprint density at radius 3 is 2.71 bits per heavy atom. The minimum atomic E-state index is -0.0467. The fraction of sp³-hybridized carbons (Fsp3) is 0.500. The van der Waals surface area contributed by atoms with Crippen molar-refractivity contribution in [1.29, 1.82) is 0 Å². The highest BCUT2D eigenvalue weighted by atomic mass is 19.1. The molecule has 0 aromatic heterocycles. The molecule has 0 amide bonds. The van der Waals surface area contributed by atoms with E-state index >= 15 is 0 Å². The van der Waals surface area contributed by atoms with Crippen molar-refractivity contribution in [3.05, 3.63) is 47.8 Å². The molecule has 0 nitrogen and oxygen atoms in total. The number of hydrogen-bond donors (Lipinski definition) is 0. The van der Waals surface area contributed by atoms with E-state index in [4.69, 9.17) is 0 Å². The Morgan fingerprint density at radius 1 is 1.41 bits per heavy atom. The van der Waals surface area contributed by atoms with Crippen molar-refractivity contribution in [2.75, 3.05) is 0 Å². The Bertz CT molecular complexity index is 426. The summed E-state index contributed by atoms with van der Waals surface area (Å²) in [6.07, 6.45) is 4.05. The third-order valence-corrected chi connectivity index (χ3v) is 3.65. The first-order valence-electron chi connectivity index (χ1n) is 6.34. The monoisotopic (exact) mass is 232 g/mol. The second-order valence-electron chi connectivity index (χ2n) is 6.11. The topological polar surface area (TPSA) is 0 Å². The van der Waals surface area contributed by atoms with Gasteiger partial charge < -0.3 is 0 Å². The molecule has 1 saturated carbocycles. The van der Waals surface area contributed by atoms with Crippen molar-refractivity contribution in [1.82, 2.24) is 0 Å². The second-order valence-corrected chi connectivity index (χ2v) is 6.11. The lowest BCUT2D eigenvalue weighted by molar-refractivity contribution is 0.574. The van der Waals surface area contributed by atoms with E-state index in [-0.39, 0.29) is 11.2 Å². The largest absolute Gasteiger partial charge is 0.207 e. The molecule has 2 unspecified atom stereocenters. The van der Waals surface area contributed by atoms with Crippen molar-refractivity contribution < 1.29 is 4.39 Å². The molecule has 0 saturated heterocycles. The predicted molar refractivity (Wildman–Crippen MR) is 70.8 cm³/mol. The third kappa shape index (κ3) is 2.59. The van der Waals surface area contributed by atoms with Crippen molar-refractivity contribution in [2.24, 2.45) is 5.92 Å². The van der Waals surface area contributed by atoms with E-state index < -0.39 is 0 Å². The van der Waals surface area contributed by atoms with Crippen LogP contribution in [0.2, 0.25) is 0 Å². The smallest absolute Gasteiger partial charge is 0.126 e. The van der Waals surface area contributed by atoms with E-state index in [1.807, 2.05) is 12.1 Å². The standard InChI is InChI=1S/C16H21F/c1-5-6-11-9-13(11)14-10-12(16(2,3)4)7-8-15(14)17/h5,7-8,10-11,13H,1,6,9H2,2-4H3. The number of rotatable bonds is 3. The summed E-state index contributed by atoms with van der Waals surface area (Å²) in [6, 6.07) is 5.59.